The molecule has 1 heterocycles. The third-order valence-corrected chi connectivity index (χ3v) is 4.10. The first-order valence-electron chi connectivity index (χ1n) is 6.06. The normalized spacial score (nSPS) is 11.1. The first kappa shape index (κ1) is 14.4. The van der Waals surface area contributed by atoms with E-state index in [0.29, 0.717) is 5.75 Å². The maximum atomic E-state index is 10.6. The molecule has 2 rings (SSSR count). The molecule has 0 saturated heterocycles. The topological polar surface area (TPSA) is 55.1 Å². The van der Waals surface area contributed by atoms with Gasteiger partial charge < -0.3 is 9.67 Å². The van der Waals surface area contributed by atoms with Crippen molar-refractivity contribution in [2.24, 2.45) is 0 Å². The summed E-state index contributed by atoms with van der Waals surface area (Å²) in [5.74, 6) is 0.893. The number of fused-ring (bicyclic) bond motifs is 1. The average Bonchev–Trinajstić information content (AvgIpc) is 2.67. The fraction of sp³-hybridized carbons (Fsp3) is 0.385. The number of nitrogens with zero attached hydrogens (tertiary/aromatic N) is 2. The highest BCUT2D eigenvalue weighted by molar-refractivity contribution is 9.10. The molecule has 0 unspecified atom stereocenters. The zero-order valence-corrected chi connectivity index (χ0v) is 13.0. The van der Waals surface area contributed by atoms with E-state index in [1.54, 1.807) is 0 Å². The molecule has 0 aliphatic carbocycles. The molecule has 0 amide bonds. The van der Waals surface area contributed by atoms with E-state index in [4.69, 9.17) is 5.11 Å². The highest BCUT2D eigenvalue weighted by Crippen LogP contribution is 2.23. The van der Waals surface area contributed by atoms with Gasteiger partial charge in [-0.25, -0.2) is 4.98 Å². The van der Waals surface area contributed by atoms with Gasteiger partial charge in [-0.1, -0.05) is 22.9 Å². The van der Waals surface area contributed by atoms with Crippen molar-refractivity contribution in [1.82, 2.24) is 9.55 Å². The first-order chi connectivity index (χ1) is 9.11. The van der Waals surface area contributed by atoms with Gasteiger partial charge in [0.05, 0.1) is 22.5 Å². The number of aryl methyl sites for hydroxylation is 1. The van der Waals surface area contributed by atoms with Crippen LogP contribution in [0.2, 0.25) is 0 Å². The third-order valence-electron chi connectivity index (χ3n) is 2.69. The van der Waals surface area contributed by atoms with E-state index in [1.165, 1.54) is 11.8 Å². The number of hydrogen-bond donors (Lipinski definition) is 1. The van der Waals surface area contributed by atoms with Crippen molar-refractivity contribution in [3.8, 4) is 0 Å². The predicted molar refractivity (Wildman–Crippen MR) is 81.5 cm³/mol. The summed E-state index contributed by atoms with van der Waals surface area (Å²) in [5, 5.41) is 8.69. The van der Waals surface area contributed by atoms with E-state index in [1.807, 2.05) is 18.2 Å². The number of halogens is 1. The molecule has 6 heteroatoms. The Morgan fingerprint density at radius 1 is 1.53 bits per heavy atom. The zero-order chi connectivity index (χ0) is 13.8. The summed E-state index contributed by atoms with van der Waals surface area (Å²) >= 11 is 4.82. The van der Waals surface area contributed by atoms with Crippen LogP contribution in [0.25, 0.3) is 11.0 Å². The minimum atomic E-state index is -0.786. The molecular formula is C13H15BrN2O2S. The van der Waals surface area contributed by atoms with Crippen molar-refractivity contribution in [3.63, 3.8) is 0 Å². The lowest BCUT2D eigenvalue weighted by molar-refractivity contribution is -0.133. The highest BCUT2D eigenvalue weighted by atomic mass is 79.9. The first-order valence-corrected chi connectivity index (χ1v) is 8.00. The fourth-order valence-electron chi connectivity index (χ4n) is 1.97. The molecule has 0 radical (unpaired) electrons. The molecule has 2 aromatic rings. The van der Waals surface area contributed by atoms with E-state index in [9.17, 15) is 4.79 Å². The van der Waals surface area contributed by atoms with Crippen molar-refractivity contribution in [3.05, 3.63) is 28.5 Å². The second kappa shape index (κ2) is 6.43. The molecule has 0 spiro atoms. The van der Waals surface area contributed by atoms with E-state index < -0.39 is 5.97 Å². The molecule has 102 valence electrons. The second-order valence-electron chi connectivity index (χ2n) is 4.20. The van der Waals surface area contributed by atoms with E-state index in [-0.39, 0.29) is 5.75 Å². The monoisotopic (exact) mass is 342 g/mol. The van der Waals surface area contributed by atoms with E-state index in [0.717, 1.165) is 34.3 Å². The number of benzene rings is 1. The predicted octanol–water partition coefficient (Wildman–Crippen LogP) is 3.53. The van der Waals surface area contributed by atoms with Crippen molar-refractivity contribution in [1.29, 1.82) is 0 Å². The van der Waals surface area contributed by atoms with Gasteiger partial charge in [-0.2, -0.15) is 0 Å². The van der Waals surface area contributed by atoms with Gasteiger partial charge in [0.15, 0.2) is 0 Å². The number of rotatable bonds is 6. The van der Waals surface area contributed by atoms with Gasteiger partial charge >= 0.3 is 5.97 Å². The van der Waals surface area contributed by atoms with Crippen LogP contribution < -0.4 is 0 Å². The summed E-state index contributed by atoms with van der Waals surface area (Å²) in [7, 11) is 0. The summed E-state index contributed by atoms with van der Waals surface area (Å²) in [5.41, 5.74) is 2.06. The van der Waals surface area contributed by atoms with Crippen molar-refractivity contribution >= 4 is 44.7 Å². The molecule has 0 bridgehead atoms. The molecule has 0 atom stereocenters. The maximum Gasteiger partial charge on any atom is 0.313 e. The molecule has 0 aliphatic heterocycles. The second-order valence-corrected chi connectivity index (χ2v) is 6.10. The molecular weight excluding hydrogens is 328 g/mol. The standard InChI is InChI=1S/C13H15BrN2O2S/c1-2-5-16-11-4-3-9(14)6-10(11)15-12(16)7-19-8-13(17)18/h3-4,6H,2,5,7-8H2,1H3,(H,17,18). The van der Waals surface area contributed by atoms with Gasteiger partial charge in [0.25, 0.3) is 0 Å². The summed E-state index contributed by atoms with van der Waals surface area (Å²) in [6, 6.07) is 6.05. The van der Waals surface area contributed by atoms with Gasteiger partial charge in [0.1, 0.15) is 5.82 Å². The fourth-order valence-corrected chi connectivity index (χ4v) is 2.99. The SMILES string of the molecule is CCCn1c(CSCC(=O)O)nc2cc(Br)ccc21. The quantitative estimate of drug-likeness (QED) is 0.872. The zero-order valence-electron chi connectivity index (χ0n) is 10.6. The number of aliphatic carboxylic acids is 1. The van der Waals surface area contributed by atoms with E-state index in [2.05, 4.69) is 32.4 Å². The van der Waals surface area contributed by atoms with E-state index >= 15 is 0 Å². The highest BCUT2D eigenvalue weighted by Gasteiger charge is 2.11. The summed E-state index contributed by atoms with van der Waals surface area (Å²) in [6.45, 7) is 3.03. The van der Waals surface area contributed by atoms with Crippen LogP contribution in [0.15, 0.2) is 22.7 Å². The minimum Gasteiger partial charge on any atom is -0.481 e. The lowest BCUT2D eigenvalue weighted by Crippen LogP contribution is -2.04. The van der Waals surface area contributed by atoms with Crippen molar-refractivity contribution < 1.29 is 9.90 Å². The van der Waals surface area contributed by atoms with Crippen molar-refractivity contribution in [2.75, 3.05) is 5.75 Å². The molecule has 19 heavy (non-hydrogen) atoms. The Labute approximate surface area is 124 Å². The smallest absolute Gasteiger partial charge is 0.313 e. The largest absolute Gasteiger partial charge is 0.481 e. The van der Waals surface area contributed by atoms with Gasteiger partial charge in [-0.05, 0) is 24.6 Å². The van der Waals surface area contributed by atoms with Crippen LogP contribution >= 0.6 is 27.7 Å². The van der Waals surface area contributed by atoms with Crippen molar-refractivity contribution in [2.45, 2.75) is 25.6 Å². The maximum absolute atomic E-state index is 10.6. The third kappa shape index (κ3) is 3.51. The molecule has 0 fully saturated rings. The van der Waals surface area contributed by atoms with Gasteiger partial charge in [-0.15, -0.1) is 11.8 Å². The molecule has 1 aromatic heterocycles. The Morgan fingerprint density at radius 3 is 3.00 bits per heavy atom. The van der Waals surface area contributed by atoms with Gasteiger partial charge in [-0.3, -0.25) is 4.79 Å². The Kier molecular flexibility index (Phi) is 4.87. The summed E-state index contributed by atoms with van der Waals surface area (Å²) in [4.78, 5) is 15.2. The Bertz CT molecular complexity index is 598. The molecule has 0 aliphatic rings. The summed E-state index contributed by atoms with van der Waals surface area (Å²) in [6.07, 6.45) is 1.03. The lowest BCUT2D eigenvalue weighted by Gasteiger charge is -2.06. The number of carbonyl (C=O) groups is 1. The number of aromatic nitrogens is 2. The van der Waals surface area contributed by atoms with Crippen LogP contribution in [-0.2, 0) is 17.1 Å². The Morgan fingerprint density at radius 2 is 2.32 bits per heavy atom. The molecule has 4 nitrogen and oxygen atoms in total. The van der Waals surface area contributed by atoms with Crippen LogP contribution in [0.1, 0.15) is 19.2 Å². The van der Waals surface area contributed by atoms with Crippen LogP contribution in [0.5, 0.6) is 0 Å². The number of imidazole rings is 1. The molecule has 0 saturated carbocycles. The Hall–Kier alpha value is -1.01. The minimum absolute atomic E-state index is 0.110. The Balaban J connectivity index is 2.30. The average molecular weight is 343 g/mol. The lowest BCUT2D eigenvalue weighted by atomic mass is 10.3. The molecule has 1 N–H and O–H groups in total. The number of carboxylic acids is 1. The molecule has 1 aromatic carbocycles. The van der Waals surface area contributed by atoms with Crippen LogP contribution in [-0.4, -0.2) is 26.4 Å². The number of hydrogen-bond acceptors (Lipinski definition) is 3. The van der Waals surface area contributed by atoms with Gasteiger partial charge in [0.2, 0.25) is 0 Å². The number of carboxylic acid groups (broad SMARTS) is 1. The summed E-state index contributed by atoms with van der Waals surface area (Å²) < 4.78 is 3.18. The van der Waals surface area contributed by atoms with Crippen LogP contribution in [0, 0.1) is 0 Å². The van der Waals surface area contributed by atoms with Crippen LogP contribution in [0.3, 0.4) is 0 Å². The van der Waals surface area contributed by atoms with Crippen LogP contribution in [0.4, 0.5) is 0 Å². The van der Waals surface area contributed by atoms with Gasteiger partial charge in [0, 0.05) is 11.0 Å². The number of thioether (sulfide) groups is 1.